The third-order valence-corrected chi connectivity index (χ3v) is 2.80. The molecule has 0 aliphatic carbocycles. The van der Waals surface area contributed by atoms with Gasteiger partial charge in [-0.25, -0.2) is 4.79 Å². The molecule has 1 heterocycles. The van der Waals surface area contributed by atoms with Crippen molar-refractivity contribution in [2.45, 2.75) is 52.2 Å². The molecule has 0 radical (unpaired) electrons. The molecule has 4 heteroatoms. The summed E-state index contributed by atoms with van der Waals surface area (Å²) in [7, 11) is 0. The lowest BCUT2D eigenvalue weighted by atomic mass is 9.99. The van der Waals surface area contributed by atoms with Crippen LogP contribution in [0.15, 0.2) is 0 Å². The number of nitrogens with zero attached hydrogens (tertiary/aromatic N) is 1. The molecule has 0 aromatic heterocycles. The Balaban J connectivity index is 2.48. The SMILES string of the molecule is CCC[C@@H]1CN(C(=O)OC(C)(C)C)C[C@@H]1N. The van der Waals surface area contributed by atoms with Crippen LogP contribution in [0, 0.1) is 5.92 Å². The molecule has 2 atom stereocenters. The Hall–Kier alpha value is -0.770. The minimum atomic E-state index is -0.427. The van der Waals surface area contributed by atoms with Gasteiger partial charge in [0.05, 0.1) is 0 Å². The summed E-state index contributed by atoms with van der Waals surface area (Å²) in [6.07, 6.45) is 1.96. The zero-order valence-corrected chi connectivity index (χ0v) is 10.8. The molecule has 1 aliphatic rings. The Morgan fingerprint density at radius 3 is 2.56 bits per heavy atom. The van der Waals surface area contributed by atoms with Crippen molar-refractivity contribution >= 4 is 6.09 Å². The molecule has 1 amide bonds. The Morgan fingerprint density at radius 2 is 2.06 bits per heavy atom. The summed E-state index contributed by atoms with van der Waals surface area (Å²) < 4.78 is 5.33. The molecule has 1 saturated heterocycles. The van der Waals surface area contributed by atoms with E-state index in [0.29, 0.717) is 12.5 Å². The van der Waals surface area contributed by atoms with Gasteiger partial charge in [0.15, 0.2) is 0 Å². The third kappa shape index (κ3) is 3.67. The molecular weight excluding hydrogens is 204 g/mol. The van der Waals surface area contributed by atoms with E-state index < -0.39 is 5.60 Å². The van der Waals surface area contributed by atoms with Gasteiger partial charge in [0, 0.05) is 19.1 Å². The first kappa shape index (κ1) is 13.3. The zero-order chi connectivity index (χ0) is 12.3. The molecule has 0 bridgehead atoms. The number of nitrogens with two attached hydrogens (primary N) is 1. The molecule has 2 N–H and O–H groups in total. The summed E-state index contributed by atoms with van der Waals surface area (Å²) in [5, 5.41) is 0. The first-order valence-electron chi connectivity index (χ1n) is 6.07. The highest BCUT2D eigenvalue weighted by atomic mass is 16.6. The lowest BCUT2D eigenvalue weighted by Crippen LogP contribution is -2.36. The fourth-order valence-corrected chi connectivity index (χ4v) is 2.05. The van der Waals surface area contributed by atoms with Crippen LogP contribution in [0.3, 0.4) is 0 Å². The van der Waals surface area contributed by atoms with Gasteiger partial charge in [-0.3, -0.25) is 0 Å². The average Bonchev–Trinajstić information content (AvgIpc) is 2.46. The molecule has 0 saturated carbocycles. The van der Waals surface area contributed by atoms with E-state index in [1.807, 2.05) is 20.8 Å². The molecular formula is C12H24N2O2. The van der Waals surface area contributed by atoms with Crippen molar-refractivity contribution in [2.24, 2.45) is 11.7 Å². The van der Waals surface area contributed by atoms with Gasteiger partial charge in [-0.05, 0) is 33.1 Å². The van der Waals surface area contributed by atoms with E-state index in [1.54, 1.807) is 4.90 Å². The van der Waals surface area contributed by atoms with Crippen LogP contribution in [0.1, 0.15) is 40.5 Å². The molecule has 94 valence electrons. The van der Waals surface area contributed by atoms with Crippen molar-refractivity contribution in [1.82, 2.24) is 4.90 Å². The lowest BCUT2D eigenvalue weighted by Gasteiger charge is -2.24. The second-order valence-electron chi connectivity index (χ2n) is 5.60. The van der Waals surface area contributed by atoms with Crippen molar-refractivity contribution in [2.75, 3.05) is 13.1 Å². The van der Waals surface area contributed by atoms with Crippen LogP contribution in [0.25, 0.3) is 0 Å². The molecule has 0 aromatic carbocycles. The van der Waals surface area contributed by atoms with Gasteiger partial charge in [0.25, 0.3) is 0 Å². The average molecular weight is 228 g/mol. The van der Waals surface area contributed by atoms with Crippen LogP contribution in [-0.4, -0.2) is 35.7 Å². The maximum atomic E-state index is 11.8. The van der Waals surface area contributed by atoms with Crippen molar-refractivity contribution in [3.8, 4) is 0 Å². The number of ether oxygens (including phenoxy) is 1. The molecule has 16 heavy (non-hydrogen) atoms. The lowest BCUT2D eigenvalue weighted by molar-refractivity contribution is 0.0286. The predicted molar refractivity (Wildman–Crippen MR) is 64.2 cm³/mol. The van der Waals surface area contributed by atoms with Crippen LogP contribution in [0.5, 0.6) is 0 Å². The Labute approximate surface area is 98.1 Å². The van der Waals surface area contributed by atoms with Gasteiger partial charge in [0.2, 0.25) is 0 Å². The van der Waals surface area contributed by atoms with Crippen molar-refractivity contribution < 1.29 is 9.53 Å². The number of carbonyl (C=O) groups is 1. The molecule has 4 nitrogen and oxygen atoms in total. The number of amides is 1. The summed E-state index contributed by atoms with van der Waals surface area (Å²) in [6.45, 7) is 9.14. The second kappa shape index (κ2) is 5.04. The second-order valence-corrected chi connectivity index (χ2v) is 5.60. The van der Waals surface area contributed by atoms with E-state index >= 15 is 0 Å². The maximum absolute atomic E-state index is 11.8. The minimum absolute atomic E-state index is 0.104. The normalized spacial score (nSPS) is 25.9. The van der Waals surface area contributed by atoms with Crippen molar-refractivity contribution in [3.05, 3.63) is 0 Å². The van der Waals surface area contributed by atoms with E-state index in [0.717, 1.165) is 19.4 Å². The summed E-state index contributed by atoms with van der Waals surface area (Å²) in [5.74, 6) is 0.428. The van der Waals surface area contributed by atoms with E-state index in [2.05, 4.69) is 6.92 Å². The van der Waals surface area contributed by atoms with Gasteiger partial charge >= 0.3 is 6.09 Å². The summed E-state index contributed by atoms with van der Waals surface area (Å²) in [4.78, 5) is 13.5. The van der Waals surface area contributed by atoms with Crippen LogP contribution < -0.4 is 5.73 Å². The molecule has 1 rings (SSSR count). The molecule has 1 fully saturated rings. The van der Waals surface area contributed by atoms with Gasteiger partial charge in [-0.15, -0.1) is 0 Å². The van der Waals surface area contributed by atoms with Gasteiger partial charge < -0.3 is 15.4 Å². The summed E-state index contributed by atoms with van der Waals surface area (Å²) in [6, 6.07) is 0.104. The smallest absolute Gasteiger partial charge is 0.410 e. The van der Waals surface area contributed by atoms with Gasteiger partial charge in [-0.2, -0.15) is 0 Å². The minimum Gasteiger partial charge on any atom is -0.444 e. The molecule has 0 unspecified atom stereocenters. The number of hydrogen-bond acceptors (Lipinski definition) is 3. The van der Waals surface area contributed by atoms with E-state index in [9.17, 15) is 4.79 Å². The van der Waals surface area contributed by atoms with E-state index in [1.165, 1.54) is 0 Å². The number of hydrogen-bond donors (Lipinski definition) is 1. The topological polar surface area (TPSA) is 55.6 Å². The van der Waals surface area contributed by atoms with E-state index in [4.69, 9.17) is 10.5 Å². The zero-order valence-electron chi connectivity index (χ0n) is 10.8. The largest absolute Gasteiger partial charge is 0.444 e. The van der Waals surface area contributed by atoms with Crippen molar-refractivity contribution in [1.29, 1.82) is 0 Å². The first-order chi connectivity index (χ1) is 7.33. The molecule has 1 aliphatic heterocycles. The highest BCUT2D eigenvalue weighted by Crippen LogP contribution is 2.22. The summed E-state index contributed by atoms with van der Waals surface area (Å²) >= 11 is 0. The van der Waals surface area contributed by atoms with Crippen LogP contribution >= 0.6 is 0 Å². The molecule has 0 spiro atoms. The highest BCUT2D eigenvalue weighted by molar-refractivity contribution is 5.68. The standard InChI is InChI=1S/C12H24N2O2/c1-5-6-9-7-14(8-10(9)13)11(15)16-12(2,3)4/h9-10H,5-8,13H2,1-4H3/t9-,10+/m1/s1. The van der Waals surface area contributed by atoms with Crippen LogP contribution in [-0.2, 0) is 4.74 Å². The van der Waals surface area contributed by atoms with E-state index in [-0.39, 0.29) is 12.1 Å². The highest BCUT2D eigenvalue weighted by Gasteiger charge is 2.34. The van der Waals surface area contributed by atoms with Crippen molar-refractivity contribution in [3.63, 3.8) is 0 Å². The molecule has 0 aromatic rings. The van der Waals surface area contributed by atoms with Gasteiger partial charge in [0.1, 0.15) is 5.60 Å². The Bertz CT molecular complexity index is 248. The van der Waals surface area contributed by atoms with Crippen LogP contribution in [0.2, 0.25) is 0 Å². The number of rotatable bonds is 2. The Kier molecular flexibility index (Phi) is 4.19. The Morgan fingerprint density at radius 1 is 1.44 bits per heavy atom. The number of carbonyl (C=O) groups excluding carboxylic acids is 1. The number of likely N-dealkylation sites (tertiary alicyclic amines) is 1. The summed E-state index contributed by atoms with van der Waals surface area (Å²) in [5.41, 5.74) is 5.58. The fraction of sp³-hybridized carbons (Fsp3) is 0.917. The first-order valence-corrected chi connectivity index (χ1v) is 6.07. The van der Waals surface area contributed by atoms with Gasteiger partial charge in [-0.1, -0.05) is 13.3 Å². The predicted octanol–water partition coefficient (Wildman–Crippen LogP) is 1.98. The van der Waals surface area contributed by atoms with Crippen LogP contribution in [0.4, 0.5) is 4.79 Å². The quantitative estimate of drug-likeness (QED) is 0.786. The monoisotopic (exact) mass is 228 g/mol. The third-order valence-electron chi connectivity index (χ3n) is 2.80. The fourth-order valence-electron chi connectivity index (χ4n) is 2.05. The maximum Gasteiger partial charge on any atom is 0.410 e.